The molecule has 2 fully saturated rings. The fraction of sp³-hybridized carbons (Fsp3) is 0.455. The first-order valence-electron chi connectivity index (χ1n) is 5.68. The second kappa shape index (κ2) is 2.82. The smallest absolute Gasteiger partial charge is 0.253 e. The Kier molecular flexibility index (Phi) is 1.51. The molecule has 2 heterocycles. The Morgan fingerprint density at radius 2 is 1.53 bits per heavy atom. The lowest BCUT2D eigenvalue weighted by molar-refractivity contribution is -0.125. The molecule has 1 aromatic rings. The molecule has 0 aromatic carbocycles. The second-order valence-electron chi connectivity index (χ2n) is 4.83. The number of hydrogen-bond acceptors (Lipinski definition) is 4. The lowest BCUT2D eigenvalue weighted by Crippen LogP contribution is -2.41. The molecule has 4 atom stereocenters. The number of carbonyl (C=O) groups is 2. The van der Waals surface area contributed by atoms with E-state index in [1.54, 1.807) is 0 Å². The van der Waals surface area contributed by atoms with Crippen molar-refractivity contribution in [1.29, 1.82) is 0 Å². The van der Waals surface area contributed by atoms with Gasteiger partial charge < -0.3 is 0 Å². The molecular weight excluding hydrogens is 220 g/mol. The minimum absolute atomic E-state index is 0.114. The maximum Gasteiger partial charge on any atom is 0.253 e. The topological polar surface area (TPSA) is 68.1 Å². The summed E-state index contributed by atoms with van der Waals surface area (Å²) >= 11 is 0. The monoisotopic (exact) mass is 230 g/mol. The summed E-state index contributed by atoms with van der Waals surface area (Å²) in [6, 6.07) is 0. The summed E-state index contributed by atoms with van der Waals surface area (Å²) in [5, 5.41) is 8.45. The van der Waals surface area contributed by atoms with Gasteiger partial charge in [0.05, 0.1) is 11.8 Å². The molecule has 6 nitrogen and oxygen atoms in total. The second-order valence-corrected chi connectivity index (χ2v) is 4.83. The van der Waals surface area contributed by atoms with Crippen LogP contribution >= 0.6 is 0 Å². The van der Waals surface area contributed by atoms with Crippen molar-refractivity contribution in [3.63, 3.8) is 0 Å². The minimum atomic E-state index is -0.167. The van der Waals surface area contributed by atoms with Gasteiger partial charge in [-0.1, -0.05) is 12.2 Å². The first-order valence-corrected chi connectivity index (χ1v) is 5.68. The van der Waals surface area contributed by atoms with Gasteiger partial charge in [0.1, 0.15) is 12.7 Å². The van der Waals surface area contributed by atoms with Crippen LogP contribution in [-0.2, 0) is 9.59 Å². The molecule has 0 N–H and O–H groups in total. The van der Waals surface area contributed by atoms with Crippen LogP contribution in [-0.4, -0.2) is 26.7 Å². The molecule has 3 aliphatic rings. The molecule has 1 aromatic heterocycles. The summed E-state index contributed by atoms with van der Waals surface area (Å²) in [6.45, 7) is 0. The normalized spacial score (nSPS) is 38.2. The summed E-state index contributed by atoms with van der Waals surface area (Å²) in [7, 11) is 0. The van der Waals surface area contributed by atoms with E-state index in [-0.39, 0.29) is 35.5 Å². The van der Waals surface area contributed by atoms with E-state index in [9.17, 15) is 9.59 Å². The van der Waals surface area contributed by atoms with Crippen LogP contribution in [0, 0.1) is 23.7 Å². The molecule has 0 spiro atoms. The van der Waals surface area contributed by atoms with Crippen molar-refractivity contribution in [2.75, 3.05) is 5.01 Å². The third-order valence-corrected chi connectivity index (χ3v) is 4.08. The van der Waals surface area contributed by atoms with Crippen molar-refractivity contribution < 1.29 is 9.59 Å². The van der Waals surface area contributed by atoms with Crippen LogP contribution in [0.2, 0.25) is 0 Å². The highest BCUT2D eigenvalue weighted by atomic mass is 16.2. The molecule has 1 aliphatic heterocycles. The standard InChI is InChI=1S/C11H10N4O2/c16-10-8-6-1-2-7(3-6)9(8)11(17)15(10)14-4-12-13-5-14/h1-2,4-9H,3H2/t6-,7-,8-,9+/m1/s1. The van der Waals surface area contributed by atoms with E-state index in [0.29, 0.717) is 0 Å². The van der Waals surface area contributed by atoms with Gasteiger partial charge in [-0.05, 0) is 18.3 Å². The van der Waals surface area contributed by atoms with Crippen LogP contribution in [0.4, 0.5) is 0 Å². The number of hydrogen-bond donors (Lipinski definition) is 0. The molecule has 17 heavy (non-hydrogen) atoms. The largest absolute Gasteiger partial charge is 0.272 e. The highest BCUT2D eigenvalue weighted by Crippen LogP contribution is 2.51. The highest BCUT2D eigenvalue weighted by Gasteiger charge is 2.60. The van der Waals surface area contributed by atoms with Gasteiger partial charge in [-0.3, -0.25) is 9.59 Å². The Morgan fingerprint density at radius 1 is 1.00 bits per heavy atom. The molecule has 4 rings (SSSR count). The zero-order valence-electron chi connectivity index (χ0n) is 8.93. The molecule has 0 unspecified atom stereocenters. The lowest BCUT2D eigenvalue weighted by Gasteiger charge is -2.16. The van der Waals surface area contributed by atoms with Crippen molar-refractivity contribution in [3.8, 4) is 0 Å². The zero-order valence-corrected chi connectivity index (χ0v) is 8.93. The number of rotatable bonds is 1. The van der Waals surface area contributed by atoms with Gasteiger partial charge in [-0.25, -0.2) is 4.68 Å². The number of carbonyl (C=O) groups excluding carboxylic acids is 2. The molecule has 1 saturated heterocycles. The van der Waals surface area contributed by atoms with Crippen LogP contribution in [0.1, 0.15) is 6.42 Å². The van der Waals surface area contributed by atoms with Crippen LogP contribution in [0.25, 0.3) is 0 Å². The van der Waals surface area contributed by atoms with Crippen LogP contribution in [0.5, 0.6) is 0 Å². The fourth-order valence-electron chi connectivity index (χ4n) is 3.41. The molecule has 6 heteroatoms. The minimum Gasteiger partial charge on any atom is -0.272 e. The molecule has 0 radical (unpaired) electrons. The van der Waals surface area contributed by atoms with Crippen LogP contribution in [0.3, 0.4) is 0 Å². The average molecular weight is 230 g/mol. The predicted octanol–water partition coefficient (Wildman–Crippen LogP) is -0.279. The molecule has 86 valence electrons. The van der Waals surface area contributed by atoms with Gasteiger partial charge in [0.15, 0.2) is 0 Å². The van der Waals surface area contributed by atoms with Gasteiger partial charge in [-0.15, -0.1) is 10.2 Å². The highest BCUT2D eigenvalue weighted by molar-refractivity contribution is 6.17. The fourth-order valence-corrected chi connectivity index (χ4v) is 3.41. The van der Waals surface area contributed by atoms with Gasteiger partial charge in [0.25, 0.3) is 11.8 Å². The summed E-state index contributed by atoms with van der Waals surface area (Å²) < 4.78 is 1.38. The molecular formula is C11H10N4O2. The van der Waals surface area contributed by atoms with Crippen LogP contribution < -0.4 is 5.01 Å². The maximum atomic E-state index is 12.3. The van der Waals surface area contributed by atoms with Crippen molar-refractivity contribution in [2.24, 2.45) is 23.7 Å². The van der Waals surface area contributed by atoms with Gasteiger partial charge in [-0.2, -0.15) is 5.01 Å². The van der Waals surface area contributed by atoms with E-state index >= 15 is 0 Å². The van der Waals surface area contributed by atoms with Gasteiger partial charge in [0, 0.05) is 0 Å². The van der Waals surface area contributed by atoms with E-state index in [2.05, 4.69) is 22.3 Å². The molecule has 2 amide bonds. The number of aromatic nitrogens is 3. The van der Waals surface area contributed by atoms with Crippen LogP contribution in [0.15, 0.2) is 24.8 Å². The van der Waals surface area contributed by atoms with E-state index in [1.165, 1.54) is 22.3 Å². The van der Waals surface area contributed by atoms with Crippen molar-refractivity contribution >= 4 is 11.8 Å². The first kappa shape index (κ1) is 9.09. The quantitative estimate of drug-likeness (QED) is 0.491. The Balaban J connectivity index is 1.79. The van der Waals surface area contributed by atoms with Gasteiger partial charge >= 0.3 is 0 Å². The lowest BCUT2D eigenvalue weighted by atomic mass is 9.85. The van der Waals surface area contributed by atoms with E-state index in [4.69, 9.17) is 0 Å². The number of amides is 2. The summed E-state index contributed by atoms with van der Waals surface area (Å²) in [5.74, 6) is -0.0843. The van der Waals surface area contributed by atoms with E-state index in [1.807, 2.05) is 0 Å². The third kappa shape index (κ3) is 0.956. The summed E-state index contributed by atoms with van der Waals surface area (Å²) in [6.07, 6.45) is 7.86. The van der Waals surface area contributed by atoms with Crippen molar-refractivity contribution in [3.05, 3.63) is 24.8 Å². The molecule has 2 aliphatic carbocycles. The van der Waals surface area contributed by atoms with Crippen molar-refractivity contribution in [2.45, 2.75) is 6.42 Å². The third-order valence-electron chi connectivity index (χ3n) is 4.08. The molecule has 2 bridgehead atoms. The number of nitrogens with zero attached hydrogens (tertiary/aromatic N) is 4. The maximum absolute atomic E-state index is 12.3. The first-order chi connectivity index (χ1) is 8.27. The average Bonchev–Trinajstić information content (AvgIpc) is 3.03. The predicted molar refractivity (Wildman–Crippen MR) is 56.0 cm³/mol. The van der Waals surface area contributed by atoms with E-state index < -0.39 is 0 Å². The number of allylic oxidation sites excluding steroid dienone is 2. The van der Waals surface area contributed by atoms with Gasteiger partial charge in [0.2, 0.25) is 0 Å². The molecule has 1 saturated carbocycles. The zero-order chi connectivity index (χ0) is 11.6. The number of fused-ring (bicyclic) bond motifs is 5. The Hall–Kier alpha value is -1.98. The Morgan fingerprint density at radius 3 is 2.06 bits per heavy atom. The SMILES string of the molecule is O=C1[C@@H]2[C@H](C(=O)N1n1cnnc1)[C@@H]1C=C[C@@H]2C1. The number of imide groups is 1. The summed E-state index contributed by atoms with van der Waals surface area (Å²) in [5.41, 5.74) is 0. The Labute approximate surface area is 96.9 Å². The summed E-state index contributed by atoms with van der Waals surface area (Å²) in [4.78, 5) is 24.6. The Bertz CT molecular complexity index is 506. The van der Waals surface area contributed by atoms with E-state index in [0.717, 1.165) is 6.42 Å². The van der Waals surface area contributed by atoms with Crippen molar-refractivity contribution in [1.82, 2.24) is 14.9 Å².